The minimum absolute atomic E-state index is 0.0822. The SMILES string of the molecule is Cc1ccc(-c2nc(C(=O)O)c3ccccn23)cc1C. The standard InChI is InChI=1S/C16H14N2O2/c1-10-6-7-12(9-11(10)2)15-17-14(16(19)20)13-5-3-4-8-18(13)15/h3-9H,1-2H3,(H,19,20). The van der Waals surface area contributed by atoms with E-state index in [1.54, 1.807) is 6.07 Å². The summed E-state index contributed by atoms with van der Waals surface area (Å²) in [7, 11) is 0. The van der Waals surface area contributed by atoms with Gasteiger partial charge in [-0.1, -0.05) is 18.2 Å². The third-order valence-corrected chi connectivity index (χ3v) is 3.52. The van der Waals surface area contributed by atoms with E-state index < -0.39 is 5.97 Å². The smallest absolute Gasteiger partial charge is 0.356 e. The molecule has 0 radical (unpaired) electrons. The van der Waals surface area contributed by atoms with E-state index in [9.17, 15) is 9.90 Å². The summed E-state index contributed by atoms with van der Waals surface area (Å²) in [5.74, 6) is -0.357. The summed E-state index contributed by atoms with van der Waals surface area (Å²) in [6, 6.07) is 11.5. The molecule has 1 aromatic carbocycles. The third-order valence-electron chi connectivity index (χ3n) is 3.52. The maximum absolute atomic E-state index is 11.3. The molecule has 2 heterocycles. The van der Waals surface area contributed by atoms with Crippen LogP contribution in [0, 0.1) is 13.8 Å². The molecule has 0 amide bonds. The monoisotopic (exact) mass is 266 g/mol. The zero-order valence-electron chi connectivity index (χ0n) is 11.3. The molecular formula is C16H14N2O2. The molecule has 3 rings (SSSR count). The van der Waals surface area contributed by atoms with Gasteiger partial charge < -0.3 is 5.11 Å². The van der Waals surface area contributed by atoms with Gasteiger partial charge >= 0.3 is 5.97 Å². The molecule has 0 spiro atoms. The first kappa shape index (κ1) is 12.4. The molecule has 0 aliphatic carbocycles. The number of carbonyl (C=O) groups is 1. The summed E-state index contributed by atoms with van der Waals surface area (Å²) >= 11 is 0. The van der Waals surface area contributed by atoms with Crippen molar-refractivity contribution in [3.63, 3.8) is 0 Å². The number of aromatic carboxylic acids is 1. The van der Waals surface area contributed by atoms with Crippen molar-refractivity contribution in [2.45, 2.75) is 13.8 Å². The molecule has 0 saturated carbocycles. The van der Waals surface area contributed by atoms with Crippen molar-refractivity contribution < 1.29 is 9.90 Å². The Kier molecular flexibility index (Phi) is 2.79. The molecule has 4 heteroatoms. The van der Waals surface area contributed by atoms with Crippen LogP contribution in [-0.4, -0.2) is 20.5 Å². The van der Waals surface area contributed by atoms with Gasteiger partial charge in [0, 0.05) is 11.8 Å². The number of aryl methyl sites for hydroxylation is 2. The highest BCUT2D eigenvalue weighted by Gasteiger charge is 2.17. The van der Waals surface area contributed by atoms with Crippen LogP contribution in [0.25, 0.3) is 16.9 Å². The Morgan fingerprint density at radius 2 is 1.95 bits per heavy atom. The van der Waals surface area contributed by atoms with E-state index in [1.807, 2.05) is 54.8 Å². The van der Waals surface area contributed by atoms with E-state index in [-0.39, 0.29) is 5.69 Å². The minimum Gasteiger partial charge on any atom is -0.476 e. The van der Waals surface area contributed by atoms with Gasteiger partial charge in [0.05, 0.1) is 5.52 Å². The van der Waals surface area contributed by atoms with Gasteiger partial charge in [-0.15, -0.1) is 0 Å². The lowest BCUT2D eigenvalue weighted by molar-refractivity contribution is 0.0693. The first-order valence-electron chi connectivity index (χ1n) is 6.36. The van der Waals surface area contributed by atoms with Crippen LogP contribution in [0.5, 0.6) is 0 Å². The topological polar surface area (TPSA) is 54.6 Å². The van der Waals surface area contributed by atoms with E-state index in [0.717, 1.165) is 11.1 Å². The predicted molar refractivity (Wildman–Crippen MR) is 77.1 cm³/mol. The van der Waals surface area contributed by atoms with Crippen LogP contribution in [0.15, 0.2) is 42.6 Å². The Labute approximate surface area is 116 Å². The summed E-state index contributed by atoms with van der Waals surface area (Å²) in [5, 5.41) is 9.27. The van der Waals surface area contributed by atoms with Crippen molar-refractivity contribution in [2.24, 2.45) is 0 Å². The minimum atomic E-state index is -1.01. The van der Waals surface area contributed by atoms with E-state index in [0.29, 0.717) is 11.3 Å². The highest BCUT2D eigenvalue weighted by Crippen LogP contribution is 2.24. The molecule has 4 nitrogen and oxygen atoms in total. The van der Waals surface area contributed by atoms with Gasteiger partial charge in [-0.05, 0) is 43.2 Å². The molecule has 0 aliphatic heterocycles. The average Bonchev–Trinajstić information content (AvgIpc) is 2.82. The van der Waals surface area contributed by atoms with Crippen LogP contribution in [0.1, 0.15) is 21.6 Å². The van der Waals surface area contributed by atoms with Gasteiger partial charge in [-0.25, -0.2) is 9.78 Å². The fraction of sp³-hybridized carbons (Fsp3) is 0.125. The predicted octanol–water partition coefficient (Wildman–Crippen LogP) is 3.32. The van der Waals surface area contributed by atoms with Crippen LogP contribution in [0.4, 0.5) is 0 Å². The number of rotatable bonds is 2. The summed E-state index contributed by atoms with van der Waals surface area (Å²) < 4.78 is 1.81. The number of carboxylic acids is 1. The van der Waals surface area contributed by atoms with Crippen molar-refractivity contribution in [3.05, 3.63) is 59.4 Å². The Morgan fingerprint density at radius 1 is 1.15 bits per heavy atom. The van der Waals surface area contributed by atoms with Crippen molar-refractivity contribution in [1.29, 1.82) is 0 Å². The quantitative estimate of drug-likeness (QED) is 0.774. The van der Waals surface area contributed by atoms with Gasteiger partial charge in [0.1, 0.15) is 5.82 Å². The van der Waals surface area contributed by atoms with Crippen LogP contribution < -0.4 is 0 Å². The molecule has 0 fully saturated rings. The van der Waals surface area contributed by atoms with Crippen molar-refractivity contribution in [2.75, 3.05) is 0 Å². The second-order valence-electron chi connectivity index (χ2n) is 4.84. The third kappa shape index (κ3) is 1.86. The molecule has 0 unspecified atom stereocenters. The van der Waals surface area contributed by atoms with Crippen molar-refractivity contribution in [1.82, 2.24) is 9.38 Å². The molecule has 100 valence electrons. The highest BCUT2D eigenvalue weighted by atomic mass is 16.4. The number of imidazole rings is 1. The Hall–Kier alpha value is -2.62. The molecule has 0 saturated heterocycles. The fourth-order valence-corrected chi connectivity index (χ4v) is 2.28. The lowest BCUT2D eigenvalue weighted by Gasteiger charge is -2.04. The van der Waals surface area contributed by atoms with Gasteiger partial charge in [0.2, 0.25) is 0 Å². The van der Waals surface area contributed by atoms with Crippen molar-refractivity contribution >= 4 is 11.5 Å². The normalized spacial score (nSPS) is 10.9. The number of benzene rings is 1. The zero-order valence-corrected chi connectivity index (χ0v) is 11.3. The van der Waals surface area contributed by atoms with Crippen LogP contribution in [0.2, 0.25) is 0 Å². The number of fused-ring (bicyclic) bond motifs is 1. The molecule has 1 N–H and O–H groups in total. The number of hydrogen-bond acceptors (Lipinski definition) is 2. The molecule has 0 atom stereocenters. The summed E-state index contributed by atoms with van der Waals surface area (Å²) in [6.45, 7) is 4.08. The second-order valence-corrected chi connectivity index (χ2v) is 4.84. The fourth-order valence-electron chi connectivity index (χ4n) is 2.28. The van der Waals surface area contributed by atoms with Gasteiger partial charge in [0.25, 0.3) is 0 Å². The molecule has 2 aromatic heterocycles. The largest absolute Gasteiger partial charge is 0.476 e. The number of hydrogen-bond donors (Lipinski definition) is 1. The number of nitrogens with zero attached hydrogens (tertiary/aromatic N) is 2. The number of carboxylic acid groups (broad SMARTS) is 1. The molecule has 0 aliphatic rings. The van der Waals surface area contributed by atoms with Crippen LogP contribution in [0.3, 0.4) is 0 Å². The maximum atomic E-state index is 11.3. The lowest BCUT2D eigenvalue weighted by Crippen LogP contribution is -1.97. The highest BCUT2D eigenvalue weighted by molar-refractivity contribution is 5.94. The zero-order chi connectivity index (χ0) is 14.3. The van der Waals surface area contributed by atoms with Crippen LogP contribution >= 0.6 is 0 Å². The van der Waals surface area contributed by atoms with E-state index >= 15 is 0 Å². The van der Waals surface area contributed by atoms with Crippen molar-refractivity contribution in [3.8, 4) is 11.4 Å². The van der Waals surface area contributed by atoms with E-state index in [1.165, 1.54) is 5.56 Å². The molecule has 3 aromatic rings. The first-order valence-corrected chi connectivity index (χ1v) is 6.36. The summed E-state index contributed by atoms with van der Waals surface area (Å²) in [6.07, 6.45) is 1.83. The molecule has 20 heavy (non-hydrogen) atoms. The number of aromatic nitrogens is 2. The Morgan fingerprint density at radius 3 is 2.65 bits per heavy atom. The van der Waals surface area contributed by atoms with E-state index in [4.69, 9.17) is 0 Å². The first-order chi connectivity index (χ1) is 9.58. The average molecular weight is 266 g/mol. The summed E-state index contributed by atoms with van der Waals surface area (Å²) in [4.78, 5) is 15.6. The van der Waals surface area contributed by atoms with Gasteiger partial charge in [-0.2, -0.15) is 0 Å². The Bertz CT molecular complexity index is 818. The van der Waals surface area contributed by atoms with Gasteiger partial charge in [0.15, 0.2) is 5.69 Å². The van der Waals surface area contributed by atoms with E-state index in [2.05, 4.69) is 4.98 Å². The van der Waals surface area contributed by atoms with Crippen LogP contribution in [-0.2, 0) is 0 Å². The van der Waals surface area contributed by atoms with Gasteiger partial charge in [-0.3, -0.25) is 4.40 Å². The number of pyridine rings is 1. The molecule has 0 bridgehead atoms. The Balaban J connectivity index is 2.31. The molecular weight excluding hydrogens is 252 g/mol. The second kappa shape index (κ2) is 4.49. The summed E-state index contributed by atoms with van der Waals surface area (Å²) in [5.41, 5.74) is 3.97. The maximum Gasteiger partial charge on any atom is 0.356 e. The lowest BCUT2D eigenvalue weighted by atomic mass is 10.1.